The molecule has 0 aliphatic heterocycles. The van der Waals surface area contributed by atoms with Gasteiger partial charge in [-0.25, -0.2) is 0 Å². The highest BCUT2D eigenvalue weighted by molar-refractivity contribution is 6.31. The summed E-state index contributed by atoms with van der Waals surface area (Å²) in [5.41, 5.74) is 0.901. The third-order valence-corrected chi connectivity index (χ3v) is 4.73. The monoisotopic (exact) mass is 279 g/mol. The summed E-state index contributed by atoms with van der Waals surface area (Å²) < 4.78 is 0. The molecule has 1 aromatic carbocycles. The molecule has 1 saturated carbocycles. The molecular weight excluding hydrogens is 258 g/mol. The zero-order valence-corrected chi connectivity index (χ0v) is 12.4. The lowest BCUT2D eigenvalue weighted by Crippen LogP contribution is -2.44. The first-order valence-electron chi connectivity index (χ1n) is 7.10. The Morgan fingerprint density at radius 2 is 2.05 bits per heavy atom. The molecule has 1 aromatic rings. The van der Waals surface area contributed by atoms with Gasteiger partial charge >= 0.3 is 0 Å². The minimum atomic E-state index is 0.0825. The van der Waals surface area contributed by atoms with E-state index in [1.807, 2.05) is 24.3 Å². The van der Waals surface area contributed by atoms with Crippen molar-refractivity contribution in [2.24, 2.45) is 11.8 Å². The highest BCUT2D eigenvalue weighted by Crippen LogP contribution is 2.29. The van der Waals surface area contributed by atoms with Gasteiger partial charge < -0.3 is 5.32 Å². The number of carbonyl (C=O) groups excluding carboxylic acids is 1. The summed E-state index contributed by atoms with van der Waals surface area (Å²) in [7, 11) is 0. The van der Waals surface area contributed by atoms with E-state index >= 15 is 0 Å². The van der Waals surface area contributed by atoms with Crippen molar-refractivity contribution >= 4 is 17.5 Å². The maximum Gasteiger partial charge on any atom is 0.224 e. The number of halogens is 1. The van der Waals surface area contributed by atoms with Crippen LogP contribution in [0.4, 0.5) is 0 Å². The van der Waals surface area contributed by atoms with E-state index in [0.29, 0.717) is 29.3 Å². The fourth-order valence-corrected chi connectivity index (χ4v) is 3.06. The summed E-state index contributed by atoms with van der Waals surface area (Å²) in [4.78, 5) is 12.1. The Morgan fingerprint density at radius 3 is 2.79 bits per heavy atom. The van der Waals surface area contributed by atoms with E-state index in [1.165, 1.54) is 12.8 Å². The van der Waals surface area contributed by atoms with E-state index in [0.717, 1.165) is 12.0 Å². The zero-order valence-electron chi connectivity index (χ0n) is 11.7. The molecule has 0 heterocycles. The molecule has 0 saturated heterocycles. The Labute approximate surface area is 120 Å². The minimum Gasteiger partial charge on any atom is -0.353 e. The molecule has 3 heteroatoms. The van der Waals surface area contributed by atoms with Crippen molar-refractivity contribution in [3.05, 3.63) is 34.9 Å². The average molecular weight is 280 g/mol. The van der Waals surface area contributed by atoms with Crippen LogP contribution in [0.3, 0.4) is 0 Å². The summed E-state index contributed by atoms with van der Waals surface area (Å²) in [5.74, 6) is 1.34. The molecule has 2 rings (SSSR count). The molecule has 19 heavy (non-hydrogen) atoms. The second kappa shape index (κ2) is 6.42. The van der Waals surface area contributed by atoms with Crippen LogP contribution in [0.5, 0.6) is 0 Å². The first kappa shape index (κ1) is 14.4. The van der Waals surface area contributed by atoms with Crippen LogP contribution in [0.25, 0.3) is 0 Å². The topological polar surface area (TPSA) is 29.1 Å². The first-order chi connectivity index (χ1) is 9.08. The quantitative estimate of drug-likeness (QED) is 0.895. The number of carbonyl (C=O) groups is 1. The predicted octanol–water partition coefficient (Wildman–Crippen LogP) is 3.82. The minimum absolute atomic E-state index is 0.0825. The van der Waals surface area contributed by atoms with E-state index in [-0.39, 0.29) is 5.91 Å². The number of rotatable bonds is 3. The Kier molecular flexibility index (Phi) is 4.87. The van der Waals surface area contributed by atoms with Crippen molar-refractivity contribution in [2.45, 2.75) is 45.6 Å². The van der Waals surface area contributed by atoms with E-state index in [2.05, 4.69) is 19.2 Å². The fraction of sp³-hybridized carbons (Fsp3) is 0.562. The van der Waals surface area contributed by atoms with Crippen LogP contribution in [0, 0.1) is 11.8 Å². The molecule has 1 amide bonds. The normalized spacial score (nSPS) is 27.0. The van der Waals surface area contributed by atoms with Gasteiger partial charge in [-0.3, -0.25) is 4.79 Å². The maximum atomic E-state index is 12.1. The molecule has 0 aromatic heterocycles. The smallest absolute Gasteiger partial charge is 0.224 e. The number of hydrogen-bond acceptors (Lipinski definition) is 1. The molecule has 0 radical (unpaired) electrons. The summed E-state index contributed by atoms with van der Waals surface area (Å²) >= 11 is 6.08. The van der Waals surface area contributed by atoms with Crippen LogP contribution in [-0.4, -0.2) is 11.9 Å². The van der Waals surface area contributed by atoms with Crippen LogP contribution in [0.2, 0.25) is 5.02 Å². The molecule has 0 bridgehead atoms. The van der Waals surface area contributed by atoms with Crippen molar-refractivity contribution in [1.29, 1.82) is 0 Å². The molecule has 1 aliphatic rings. The molecule has 3 atom stereocenters. The van der Waals surface area contributed by atoms with Crippen LogP contribution in [-0.2, 0) is 11.2 Å². The van der Waals surface area contributed by atoms with Crippen LogP contribution in [0.15, 0.2) is 24.3 Å². The highest BCUT2D eigenvalue weighted by atomic mass is 35.5. The van der Waals surface area contributed by atoms with Gasteiger partial charge in [0, 0.05) is 11.1 Å². The second-order valence-corrected chi connectivity index (χ2v) is 6.12. The third kappa shape index (κ3) is 3.73. The van der Waals surface area contributed by atoms with Crippen LogP contribution < -0.4 is 5.32 Å². The van der Waals surface area contributed by atoms with E-state index in [1.54, 1.807) is 0 Å². The first-order valence-corrected chi connectivity index (χ1v) is 7.48. The van der Waals surface area contributed by atoms with Gasteiger partial charge in [0.25, 0.3) is 0 Å². The molecular formula is C16H22ClNO. The Bertz CT molecular complexity index is 446. The summed E-state index contributed by atoms with van der Waals surface area (Å²) in [6.45, 7) is 4.52. The standard InChI is InChI=1S/C16H22ClNO/c1-11-6-5-9-15(12(11)2)18-16(19)10-13-7-3-4-8-14(13)17/h3-4,7-8,11-12,15H,5-6,9-10H2,1-2H3,(H,18,19). The summed E-state index contributed by atoms with van der Waals surface area (Å²) in [6, 6.07) is 7.86. The van der Waals surface area contributed by atoms with Gasteiger partial charge in [-0.05, 0) is 29.9 Å². The Morgan fingerprint density at radius 1 is 1.32 bits per heavy atom. The van der Waals surface area contributed by atoms with Crippen LogP contribution in [0.1, 0.15) is 38.7 Å². The number of nitrogens with one attached hydrogen (secondary N) is 1. The van der Waals surface area contributed by atoms with Gasteiger partial charge in [-0.1, -0.05) is 56.5 Å². The molecule has 1 aliphatic carbocycles. The molecule has 104 valence electrons. The summed E-state index contributed by atoms with van der Waals surface area (Å²) in [6.07, 6.45) is 3.96. The van der Waals surface area contributed by atoms with Gasteiger partial charge in [-0.2, -0.15) is 0 Å². The summed E-state index contributed by atoms with van der Waals surface area (Å²) in [5, 5.41) is 3.85. The Balaban J connectivity index is 1.93. The lowest BCUT2D eigenvalue weighted by atomic mass is 9.78. The lowest BCUT2D eigenvalue weighted by Gasteiger charge is -2.34. The van der Waals surface area contributed by atoms with Crippen molar-refractivity contribution < 1.29 is 4.79 Å². The highest BCUT2D eigenvalue weighted by Gasteiger charge is 2.28. The molecule has 1 N–H and O–H groups in total. The van der Waals surface area contributed by atoms with Gasteiger partial charge in [0.1, 0.15) is 0 Å². The number of hydrogen-bond donors (Lipinski definition) is 1. The largest absolute Gasteiger partial charge is 0.353 e. The second-order valence-electron chi connectivity index (χ2n) is 5.71. The number of benzene rings is 1. The van der Waals surface area contributed by atoms with Gasteiger partial charge in [0.15, 0.2) is 0 Å². The third-order valence-electron chi connectivity index (χ3n) is 4.36. The van der Waals surface area contributed by atoms with E-state index in [4.69, 9.17) is 11.6 Å². The van der Waals surface area contributed by atoms with Crippen molar-refractivity contribution in [2.75, 3.05) is 0 Å². The molecule has 1 fully saturated rings. The number of amides is 1. The zero-order chi connectivity index (χ0) is 13.8. The lowest BCUT2D eigenvalue weighted by molar-refractivity contribution is -0.121. The van der Waals surface area contributed by atoms with Crippen molar-refractivity contribution in [3.8, 4) is 0 Å². The van der Waals surface area contributed by atoms with E-state index < -0.39 is 0 Å². The average Bonchev–Trinajstić information content (AvgIpc) is 2.38. The van der Waals surface area contributed by atoms with Gasteiger partial charge in [0.2, 0.25) is 5.91 Å². The maximum absolute atomic E-state index is 12.1. The molecule has 2 nitrogen and oxygen atoms in total. The molecule has 0 spiro atoms. The van der Waals surface area contributed by atoms with Crippen LogP contribution >= 0.6 is 11.6 Å². The fourth-order valence-electron chi connectivity index (χ4n) is 2.86. The predicted molar refractivity (Wildman–Crippen MR) is 79.3 cm³/mol. The van der Waals surface area contributed by atoms with Gasteiger partial charge in [-0.15, -0.1) is 0 Å². The SMILES string of the molecule is CC1CCCC(NC(=O)Cc2ccccc2Cl)C1C. The van der Waals surface area contributed by atoms with Crippen molar-refractivity contribution in [1.82, 2.24) is 5.32 Å². The molecule has 3 unspecified atom stereocenters. The van der Waals surface area contributed by atoms with Crippen molar-refractivity contribution in [3.63, 3.8) is 0 Å². The van der Waals surface area contributed by atoms with Gasteiger partial charge in [0.05, 0.1) is 6.42 Å². The van der Waals surface area contributed by atoms with E-state index in [9.17, 15) is 4.79 Å². The Hall–Kier alpha value is -1.02.